The minimum atomic E-state index is -0.525. The molecule has 1 aliphatic heterocycles. The highest BCUT2D eigenvalue weighted by molar-refractivity contribution is 5.89. The molecule has 8 heteroatoms. The van der Waals surface area contributed by atoms with Crippen molar-refractivity contribution in [2.24, 2.45) is 17.8 Å². The van der Waals surface area contributed by atoms with Crippen LogP contribution in [0.1, 0.15) is 52.4 Å². The largest absolute Gasteiger partial charge is 0.455 e. The summed E-state index contributed by atoms with van der Waals surface area (Å²) < 4.78 is 5.18. The molecule has 2 aliphatic carbocycles. The lowest BCUT2D eigenvalue weighted by Gasteiger charge is -2.39. The average Bonchev–Trinajstić information content (AvgIpc) is 3.40. The van der Waals surface area contributed by atoms with E-state index in [0.717, 1.165) is 25.7 Å². The summed E-state index contributed by atoms with van der Waals surface area (Å²) in [6, 6.07) is 0.420. The predicted molar refractivity (Wildman–Crippen MR) is 106 cm³/mol. The predicted octanol–water partition coefficient (Wildman–Crippen LogP) is 0.940. The number of hydrogen-bond donors (Lipinski definition) is 1. The Bertz CT molecular complexity index is 663. The molecule has 1 N–H and O–H groups in total. The number of carbonyl (C=O) groups excluding carboxylic acids is 4. The fraction of sp³-hybridized carbons (Fsp3) is 0.810. The Morgan fingerprint density at radius 1 is 1.17 bits per heavy atom. The van der Waals surface area contributed by atoms with Crippen LogP contribution < -0.4 is 5.32 Å². The van der Waals surface area contributed by atoms with Crippen LogP contribution in [0, 0.1) is 17.8 Å². The van der Waals surface area contributed by atoms with Crippen molar-refractivity contribution >= 4 is 23.7 Å². The number of likely N-dealkylation sites (N-methyl/N-ethyl adjacent to an activating group) is 1. The number of amides is 3. The fourth-order valence-corrected chi connectivity index (χ4v) is 4.37. The van der Waals surface area contributed by atoms with Crippen LogP contribution in [-0.4, -0.2) is 72.3 Å². The van der Waals surface area contributed by atoms with Crippen LogP contribution in [0.15, 0.2) is 0 Å². The molecule has 0 spiro atoms. The maximum Gasteiger partial charge on any atom is 0.311 e. The van der Waals surface area contributed by atoms with Gasteiger partial charge in [-0.25, -0.2) is 0 Å². The molecular formula is C21H33N3O5. The number of hydrogen-bond acceptors (Lipinski definition) is 5. The lowest BCUT2D eigenvalue weighted by Crippen LogP contribution is -2.45. The van der Waals surface area contributed by atoms with Gasteiger partial charge in [0.2, 0.25) is 11.8 Å². The third kappa shape index (κ3) is 5.48. The van der Waals surface area contributed by atoms with Crippen LogP contribution in [0.3, 0.4) is 0 Å². The number of nitrogens with one attached hydrogen (secondary N) is 1. The lowest BCUT2D eigenvalue weighted by atomic mass is 9.77. The minimum absolute atomic E-state index is 0.00177. The van der Waals surface area contributed by atoms with Crippen molar-refractivity contribution in [1.82, 2.24) is 15.1 Å². The summed E-state index contributed by atoms with van der Waals surface area (Å²) >= 11 is 0. The summed E-state index contributed by atoms with van der Waals surface area (Å²) in [5.41, 5.74) is 0. The van der Waals surface area contributed by atoms with Gasteiger partial charge in [-0.1, -0.05) is 26.7 Å². The summed E-state index contributed by atoms with van der Waals surface area (Å²) in [5.74, 6) is -0.692. The van der Waals surface area contributed by atoms with Crippen molar-refractivity contribution in [3.63, 3.8) is 0 Å². The van der Waals surface area contributed by atoms with E-state index in [-0.39, 0.29) is 36.9 Å². The third-order valence-corrected chi connectivity index (χ3v) is 6.64. The van der Waals surface area contributed by atoms with Crippen LogP contribution in [0.4, 0.5) is 0 Å². The summed E-state index contributed by atoms with van der Waals surface area (Å²) in [6.45, 7) is 4.30. The van der Waals surface area contributed by atoms with Crippen molar-refractivity contribution in [2.45, 2.75) is 64.5 Å². The molecule has 4 atom stereocenters. The van der Waals surface area contributed by atoms with Crippen LogP contribution in [-0.2, 0) is 23.9 Å². The van der Waals surface area contributed by atoms with E-state index in [9.17, 15) is 19.2 Å². The van der Waals surface area contributed by atoms with Gasteiger partial charge in [0.1, 0.15) is 0 Å². The molecule has 3 fully saturated rings. The molecule has 1 saturated heterocycles. The molecule has 3 amide bonds. The van der Waals surface area contributed by atoms with Crippen LogP contribution in [0.25, 0.3) is 0 Å². The molecule has 162 valence electrons. The van der Waals surface area contributed by atoms with E-state index in [0.29, 0.717) is 18.4 Å². The highest BCUT2D eigenvalue weighted by atomic mass is 16.5. The first-order valence-electron chi connectivity index (χ1n) is 10.8. The Morgan fingerprint density at radius 3 is 2.59 bits per heavy atom. The Kier molecular flexibility index (Phi) is 6.80. The molecule has 0 bridgehead atoms. The van der Waals surface area contributed by atoms with Gasteiger partial charge in [0.05, 0.1) is 12.5 Å². The second kappa shape index (κ2) is 9.13. The lowest BCUT2D eigenvalue weighted by molar-refractivity contribution is -0.155. The van der Waals surface area contributed by atoms with E-state index in [4.69, 9.17) is 4.74 Å². The number of nitrogens with zero attached hydrogens (tertiary/aromatic N) is 2. The second-order valence-corrected chi connectivity index (χ2v) is 8.98. The van der Waals surface area contributed by atoms with Gasteiger partial charge < -0.3 is 19.9 Å². The Balaban J connectivity index is 1.44. The maximum atomic E-state index is 12.5. The zero-order valence-electron chi connectivity index (χ0n) is 17.7. The summed E-state index contributed by atoms with van der Waals surface area (Å²) in [7, 11) is 1.51. The Labute approximate surface area is 172 Å². The molecule has 0 unspecified atom stereocenters. The number of carbonyl (C=O) groups is 4. The van der Waals surface area contributed by atoms with Crippen molar-refractivity contribution in [1.29, 1.82) is 0 Å². The van der Waals surface area contributed by atoms with Gasteiger partial charge >= 0.3 is 5.97 Å². The highest BCUT2D eigenvalue weighted by Crippen LogP contribution is 2.35. The average molecular weight is 408 g/mol. The van der Waals surface area contributed by atoms with Crippen molar-refractivity contribution < 1.29 is 23.9 Å². The molecular weight excluding hydrogens is 374 g/mol. The highest BCUT2D eigenvalue weighted by Gasteiger charge is 2.42. The number of rotatable bonds is 7. The van der Waals surface area contributed by atoms with Crippen LogP contribution in [0.2, 0.25) is 0 Å². The second-order valence-electron chi connectivity index (χ2n) is 8.98. The van der Waals surface area contributed by atoms with Gasteiger partial charge in [0.15, 0.2) is 6.61 Å². The van der Waals surface area contributed by atoms with E-state index >= 15 is 0 Å². The van der Waals surface area contributed by atoms with E-state index in [2.05, 4.69) is 19.2 Å². The monoisotopic (exact) mass is 407 g/mol. The normalized spacial score (nSPS) is 29.5. The molecule has 0 aromatic heterocycles. The van der Waals surface area contributed by atoms with Crippen molar-refractivity contribution in [2.75, 3.05) is 26.7 Å². The van der Waals surface area contributed by atoms with Gasteiger partial charge in [-0.05, 0) is 31.1 Å². The van der Waals surface area contributed by atoms with Crippen molar-refractivity contribution in [3.8, 4) is 0 Å². The zero-order valence-corrected chi connectivity index (χ0v) is 17.7. The molecule has 29 heavy (non-hydrogen) atoms. The summed E-state index contributed by atoms with van der Waals surface area (Å²) in [6.07, 6.45) is 5.37. The summed E-state index contributed by atoms with van der Waals surface area (Å²) in [4.78, 5) is 51.9. The fourth-order valence-electron chi connectivity index (χ4n) is 4.37. The molecule has 0 aromatic carbocycles. The van der Waals surface area contributed by atoms with E-state index in [1.54, 1.807) is 0 Å². The van der Waals surface area contributed by atoms with E-state index in [1.807, 2.05) is 4.90 Å². The maximum absolute atomic E-state index is 12.5. The van der Waals surface area contributed by atoms with Crippen LogP contribution >= 0.6 is 0 Å². The molecule has 3 aliphatic rings. The first-order chi connectivity index (χ1) is 13.8. The first-order valence-corrected chi connectivity index (χ1v) is 10.8. The number of esters is 1. The van der Waals surface area contributed by atoms with E-state index in [1.165, 1.54) is 18.4 Å². The molecule has 8 nitrogen and oxygen atoms in total. The number of likely N-dealkylation sites (tertiary alicyclic amines) is 1. The number of ether oxygens (including phenoxy) is 1. The smallest absolute Gasteiger partial charge is 0.311 e. The topological polar surface area (TPSA) is 96.0 Å². The Morgan fingerprint density at radius 2 is 1.90 bits per heavy atom. The minimum Gasteiger partial charge on any atom is -0.455 e. The first kappa shape index (κ1) is 21.6. The van der Waals surface area contributed by atoms with Gasteiger partial charge in [-0.3, -0.25) is 19.2 Å². The molecule has 0 aromatic rings. The van der Waals surface area contributed by atoms with Gasteiger partial charge in [-0.2, -0.15) is 0 Å². The third-order valence-electron chi connectivity index (χ3n) is 6.64. The van der Waals surface area contributed by atoms with Gasteiger partial charge in [-0.15, -0.1) is 0 Å². The molecule has 0 radical (unpaired) electrons. The van der Waals surface area contributed by atoms with Gasteiger partial charge in [0.25, 0.3) is 5.91 Å². The quantitative estimate of drug-likeness (QED) is 0.634. The van der Waals surface area contributed by atoms with Crippen LogP contribution in [0.5, 0.6) is 0 Å². The zero-order chi connectivity index (χ0) is 21.1. The molecule has 2 saturated carbocycles. The van der Waals surface area contributed by atoms with Gasteiger partial charge in [0, 0.05) is 32.1 Å². The van der Waals surface area contributed by atoms with E-state index < -0.39 is 24.4 Å². The SMILES string of the molecule is C[C@@H]1[C@@H](C)CCC[C@@H]1N1C[C@H](C(=O)OCC(=O)N(C)CC(=O)NC2CC2)CC1=O. The standard InChI is InChI=1S/C21H33N3O5/c1-13-5-4-6-17(14(13)2)24-10-15(9-19(24)26)21(28)29-12-20(27)23(3)11-18(25)22-16-7-8-16/h13-17H,4-12H2,1-3H3,(H,22,25)/t13-,14+,15+,17-/m0/s1. The summed E-state index contributed by atoms with van der Waals surface area (Å²) in [5, 5.41) is 2.81. The Hall–Kier alpha value is -2.12. The molecule has 3 rings (SSSR count). The molecule has 1 heterocycles. The van der Waals surface area contributed by atoms with Crippen molar-refractivity contribution in [3.05, 3.63) is 0 Å².